The Morgan fingerprint density at radius 3 is 1.53 bits per heavy atom. The lowest BCUT2D eigenvalue weighted by Crippen LogP contribution is -2.04. The lowest BCUT2D eigenvalue weighted by molar-refractivity contribution is -0.132. The number of aliphatic hydroxyl groups excluding tert-OH is 1. The van der Waals surface area contributed by atoms with E-state index >= 15 is 0 Å². The number of aliphatic carboxylic acids is 1. The van der Waals surface area contributed by atoms with Gasteiger partial charge in [0.05, 0.1) is 0 Å². The van der Waals surface area contributed by atoms with Gasteiger partial charge < -0.3 is 21.7 Å². The predicted octanol–water partition coefficient (Wildman–Crippen LogP) is -0.285. The highest BCUT2D eigenvalue weighted by Gasteiger charge is 2.00. The molecule has 19 heavy (non-hydrogen) atoms. The van der Waals surface area contributed by atoms with E-state index in [2.05, 4.69) is 31.2 Å². The molecule has 0 saturated heterocycles. The Kier molecular flexibility index (Phi) is 17.9. The van der Waals surface area contributed by atoms with Crippen LogP contribution in [-0.2, 0) is 14.4 Å². The van der Waals surface area contributed by atoms with Crippen LogP contribution in [0.25, 0.3) is 0 Å². The molecule has 0 atom stereocenters. The van der Waals surface area contributed by atoms with Crippen molar-refractivity contribution in [3.63, 3.8) is 0 Å². The van der Waals surface area contributed by atoms with Gasteiger partial charge in [-0.25, -0.2) is 4.79 Å². The van der Waals surface area contributed by atoms with Crippen LogP contribution >= 0.6 is 0 Å². The molecule has 0 bridgehead atoms. The third-order valence-electron chi connectivity index (χ3n) is 1.34. The molecule has 0 aliphatic carbocycles. The quantitative estimate of drug-likeness (QED) is 0.491. The monoisotopic (exact) mass is 272 g/mol. The van der Waals surface area contributed by atoms with Gasteiger partial charge in [0.2, 0.25) is 11.8 Å². The second-order valence-electron chi connectivity index (χ2n) is 2.95. The lowest BCUT2D eigenvalue weighted by atomic mass is 10.2. The SMILES string of the molecule is C=C(CCCO)C(=O)O.C=CC(N)=O.C=CC(N)=O. The zero-order valence-corrected chi connectivity index (χ0v) is 10.7. The molecule has 2 amide bonds. The van der Waals surface area contributed by atoms with E-state index in [1.165, 1.54) is 0 Å². The number of primary amides is 2. The van der Waals surface area contributed by atoms with Gasteiger partial charge in [0.15, 0.2) is 0 Å². The van der Waals surface area contributed by atoms with Gasteiger partial charge in [0.25, 0.3) is 0 Å². The van der Waals surface area contributed by atoms with Crippen LogP contribution in [0.3, 0.4) is 0 Å². The molecular formula is C12H20N2O5. The molecule has 0 aliphatic rings. The van der Waals surface area contributed by atoms with Gasteiger partial charge in [-0.15, -0.1) is 0 Å². The number of carbonyl (C=O) groups is 3. The van der Waals surface area contributed by atoms with Crippen LogP contribution in [0, 0.1) is 0 Å². The van der Waals surface area contributed by atoms with Crippen LogP contribution in [0.1, 0.15) is 12.8 Å². The van der Waals surface area contributed by atoms with Crippen LogP contribution in [-0.4, -0.2) is 34.6 Å². The molecule has 0 aromatic heterocycles. The van der Waals surface area contributed by atoms with Gasteiger partial charge in [-0.05, 0) is 25.0 Å². The number of aliphatic hydroxyl groups is 1. The molecule has 0 spiro atoms. The maximum absolute atomic E-state index is 10.0. The molecule has 0 rings (SSSR count). The van der Waals surface area contributed by atoms with Crippen LogP contribution < -0.4 is 11.5 Å². The Bertz CT molecular complexity index is 319. The average Bonchev–Trinajstić information content (AvgIpc) is 2.36. The Labute approximate surface area is 111 Å². The van der Waals surface area contributed by atoms with Crippen molar-refractivity contribution >= 4 is 17.8 Å². The number of nitrogens with two attached hydrogens (primary N) is 2. The normalized spacial score (nSPS) is 7.63. The minimum absolute atomic E-state index is 0.0201. The van der Waals surface area contributed by atoms with E-state index in [0.29, 0.717) is 12.8 Å². The number of carbonyl (C=O) groups excluding carboxylic acids is 2. The number of carboxylic acid groups (broad SMARTS) is 1. The number of hydrogen-bond acceptors (Lipinski definition) is 4. The van der Waals surface area contributed by atoms with E-state index in [-0.39, 0.29) is 12.2 Å². The molecule has 0 unspecified atom stereocenters. The van der Waals surface area contributed by atoms with Crippen molar-refractivity contribution < 1.29 is 24.6 Å². The molecule has 0 heterocycles. The van der Waals surface area contributed by atoms with Crippen molar-refractivity contribution in [2.24, 2.45) is 11.5 Å². The Morgan fingerprint density at radius 1 is 1.05 bits per heavy atom. The van der Waals surface area contributed by atoms with Crippen molar-refractivity contribution in [1.82, 2.24) is 0 Å². The average molecular weight is 272 g/mol. The van der Waals surface area contributed by atoms with E-state index in [0.717, 1.165) is 12.2 Å². The molecule has 7 heteroatoms. The second kappa shape index (κ2) is 15.6. The predicted molar refractivity (Wildman–Crippen MR) is 71.9 cm³/mol. The van der Waals surface area contributed by atoms with Gasteiger partial charge in [-0.1, -0.05) is 19.7 Å². The Morgan fingerprint density at radius 2 is 1.37 bits per heavy atom. The number of hydrogen-bond donors (Lipinski definition) is 4. The number of rotatable bonds is 6. The second-order valence-corrected chi connectivity index (χ2v) is 2.95. The molecule has 7 nitrogen and oxygen atoms in total. The molecule has 6 N–H and O–H groups in total. The van der Waals surface area contributed by atoms with Crippen LogP contribution in [0.2, 0.25) is 0 Å². The van der Waals surface area contributed by atoms with E-state index in [9.17, 15) is 14.4 Å². The van der Waals surface area contributed by atoms with Crippen LogP contribution in [0.5, 0.6) is 0 Å². The zero-order chi connectivity index (χ0) is 15.8. The fourth-order valence-electron chi connectivity index (χ4n) is 0.399. The molecular weight excluding hydrogens is 252 g/mol. The summed E-state index contributed by atoms with van der Waals surface area (Å²) in [4.78, 5) is 29.0. The Hall–Kier alpha value is -2.41. The summed E-state index contributed by atoms with van der Waals surface area (Å²) in [5, 5.41) is 16.5. The molecule has 0 aromatic carbocycles. The number of amides is 2. The first-order chi connectivity index (χ1) is 8.72. The van der Waals surface area contributed by atoms with Crippen molar-refractivity contribution in [3.8, 4) is 0 Å². The summed E-state index contributed by atoms with van der Waals surface area (Å²) >= 11 is 0. The molecule has 0 saturated carbocycles. The van der Waals surface area contributed by atoms with Gasteiger partial charge in [-0.2, -0.15) is 0 Å². The van der Waals surface area contributed by atoms with Gasteiger partial charge in [0, 0.05) is 12.2 Å². The third kappa shape index (κ3) is 31.3. The standard InChI is InChI=1S/C6H10O3.2C3H5NO/c1-5(6(8)9)3-2-4-7;2*1-2-3(4)5/h7H,1-4H2,(H,8,9);2*2H,1H2,(H2,4,5). The highest BCUT2D eigenvalue weighted by Crippen LogP contribution is 2.00. The Balaban J connectivity index is -0.000000219. The largest absolute Gasteiger partial charge is 0.478 e. The van der Waals surface area contributed by atoms with Crippen molar-refractivity contribution in [3.05, 3.63) is 37.5 Å². The van der Waals surface area contributed by atoms with E-state index in [1.807, 2.05) is 0 Å². The smallest absolute Gasteiger partial charge is 0.330 e. The molecule has 0 fully saturated rings. The van der Waals surface area contributed by atoms with Crippen molar-refractivity contribution in [2.75, 3.05) is 6.61 Å². The highest BCUT2D eigenvalue weighted by molar-refractivity contribution is 5.85. The van der Waals surface area contributed by atoms with Gasteiger partial charge in [-0.3, -0.25) is 9.59 Å². The molecule has 0 aliphatic heterocycles. The first-order valence-electron chi connectivity index (χ1n) is 5.08. The summed E-state index contributed by atoms with van der Waals surface area (Å²) in [7, 11) is 0. The summed E-state index contributed by atoms with van der Waals surface area (Å²) in [6.07, 6.45) is 2.96. The molecule has 0 aromatic rings. The van der Waals surface area contributed by atoms with Gasteiger partial charge in [0.1, 0.15) is 0 Å². The number of carboxylic acids is 1. The molecule has 0 radical (unpaired) electrons. The topological polar surface area (TPSA) is 144 Å². The summed E-state index contributed by atoms with van der Waals surface area (Å²) in [5.74, 6) is -1.95. The van der Waals surface area contributed by atoms with Crippen LogP contribution in [0.4, 0.5) is 0 Å². The fraction of sp³-hybridized carbons (Fsp3) is 0.250. The summed E-state index contributed by atoms with van der Waals surface area (Å²) in [6, 6.07) is 0. The first kappa shape index (κ1) is 21.8. The van der Waals surface area contributed by atoms with Crippen molar-refractivity contribution in [2.45, 2.75) is 12.8 Å². The van der Waals surface area contributed by atoms with E-state index < -0.39 is 17.8 Å². The maximum Gasteiger partial charge on any atom is 0.330 e. The molecule has 108 valence electrons. The van der Waals surface area contributed by atoms with E-state index in [1.54, 1.807) is 0 Å². The van der Waals surface area contributed by atoms with E-state index in [4.69, 9.17) is 10.2 Å². The zero-order valence-electron chi connectivity index (χ0n) is 10.7. The van der Waals surface area contributed by atoms with Crippen molar-refractivity contribution in [1.29, 1.82) is 0 Å². The summed E-state index contributed by atoms with van der Waals surface area (Å²) < 4.78 is 0. The highest BCUT2D eigenvalue weighted by atomic mass is 16.4. The minimum atomic E-state index is -0.983. The van der Waals surface area contributed by atoms with Crippen LogP contribution in [0.15, 0.2) is 37.5 Å². The first-order valence-corrected chi connectivity index (χ1v) is 5.08. The maximum atomic E-state index is 10.0. The summed E-state index contributed by atoms with van der Waals surface area (Å²) in [6.45, 7) is 9.47. The minimum Gasteiger partial charge on any atom is -0.478 e. The summed E-state index contributed by atoms with van der Waals surface area (Å²) in [5.41, 5.74) is 9.23. The fourth-order valence-corrected chi connectivity index (χ4v) is 0.399. The third-order valence-corrected chi connectivity index (χ3v) is 1.34. The lowest BCUT2D eigenvalue weighted by Gasteiger charge is -1.94. The van der Waals surface area contributed by atoms with Gasteiger partial charge >= 0.3 is 5.97 Å².